The molecule has 0 fully saturated rings. The van der Waals surface area contributed by atoms with Crippen molar-refractivity contribution >= 4 is 34.9 Å². The number of esters is 1. The minimum absolute atomic E-state index is 0.0242. The maximum absolute atomic E-state index is 11.8. The number of hydrogen-bond acceptors (Lipinski definition) is 5. The summed E-state index contributed by atoms with van der Waals surface area (Å²) in [7, 11) is 0. The summed E-state index contributed by atoms with van der Waals surface area (Å²) in [5, 5.41) is 5.65. The predicted octanol–water partition coefficient (Wildman–Crippen LogP) is 3.85. The van der Waals surface area contributed by atoms with E-state index in [0.29, 0.717) is 13.2 Å². The zero-order valence-electron chi connectivity index (χ0n) is 16.5. The molecule has 2 aromatic rings. The standard InChI is InChI=1S/C22H26N2O4S/c1-2-27-21(26)15-14-20(25)24-22(29)23-18-10-12-19(13-11-18)28-16-6-9-17-7-4-3-5-8-17/h3-5,7-8,10-13H,2,6,9,14-16H2,1H3,(H2,23,24,25,29). The molecule has 0 bridgehead atoms. The van der Waals surface area contributed by atoms with Crippen LogP contribution in [0, 0.1) is 0 Å². The molecule has 0 aliphatic rings. The van der Waals surface area contributed by atoms with E-state index in [2.05, 4.69) is 22.8 Å². The molecule has 7 heteroatoms. The van der Waals surface area contributed by atoms with E-state index in [1.807, 2.05) is 42.5 Å². The highest BCUT2D eigenvalue weighted by Crippen LogP contribution is 2.16. The van der Waals surface area contributed by atoms with Crippen molar-refractivity contribution in [3.05, 3.63) is 60.2 Å². The number of hydrogen-bond donors (Lipinski definition) is 2. The Labute approximate surface area is 176 Å². The lowest BCUT2D eigenvalue weighted by Gasteiger charge is -2.11. The second kappa shape index (κ2) is 12.5. The molecule has 154 valence electrons. The van der Waals surface area contributed by atoms with Gasteiger partial charge in [-0.15, -0.1) is 0 Å². The molecule has 0 unspecified atom stereocenters. The van der Waals surface area contributed by atoms with E-state index in [1.54, 1.807) is 6.92 Å². The molecule has 1 amide bonds. The molecule has 0 radical (unpaired) electrons. The third-order valence-electron chi connectivity index (χ3n) is 3.95. The molecule has 0 heterocycles. The van der Waals surface area contributed by atoms with Crippen LogP contribution in [-0.2, 0) is 20.7 Å². The number of benzene rings is 2. The van der Waals surface area contributed by atoms with Gasteiger partial charge in [-0.05, 0) is 61.8 Å². The molecule has 2 N–H and O–H groups in total. The van der Waals surface area contributed by atoms with Crippen LogP contribution < -0.4 is 15.4 Å². The van der Waals surface area contributed by atoms with Gasteiger partial charge in [0.25, 0.3) is 0 Å². The Morgan fingerprint density at radius 1 is 1.00 bits per heavy atom. The Bertz CT molecular complexity index is 794. The first-order chi connectivity index (χ1) is 14.1. The Hall–Kier alpha value is -2.93. The third kappa shape index (κ3) is 9.21. The highest BCUT2D eigenvalue weighted by atomic mass is 32.1. The summed E-state index contributed by atoms with van der Waals surface area (Å²) in [5.74, 6) is 0.0304. The molecule has 0 aliphatic carbocycles. The quantitative estimate of drug-likeness (QED) is 0.349. The molecule has 0 spiro atoms. The fourth-order valence-corrected chi connectivity index (χ4v) is 2.78. The van der Waals surface area contributed by atoms with Gasteiger partial charge in [0.05, 0.1) is 19.6 Å². The molecular formula is C22H26N2O4S. The highest BCUT2D eigenvalue weighted by Gasteiger charge is 2.09. The molecule has 0 aromatic heterocycles. The number of anilines is 1. The minimum Gasteiger partial charge on any atom is -0.494 e. The highest BCUT2D eigenvalue weighted by molar-refractivity contribution is 7.80. The molecule has 29 heavy (non-hydrogen) atoms. The summed E-state index contributed by atoms with van der Waals surface area (Å²) < 4.78 is 10.5. The number of nitrogens with one attached hydrogen (secondary N) is 2. The Morgan fingerprint density at radius 2 is 1.72 bits per heavy atom. The van der Waals surface area contributed by atoms with Crippen LogP contribution in [0.2, 0.25) is 0 Å². The number of ether oxygens (including phenoxy) is 2. The molecule has 6 nitrogen and oxygen atoms in total. The Kier molecular flexibility index (Phi) is 9.65. The monoisotopic (exact) mass is 414 g/mol. The van der Waals surface area contributed by atoms with Gasteiger partial charge in [0.1, 0.15) is 5.75 Å². The SMILES string of the molecule is CCOC(=O)CCC(=O)NC(=S)Nc1ccc(OCCCc2ccccc2)cc1. The summed E-state index contributed by atoms with van der Waals surface area (Å²) in [5.41, 5.74) is 2.03. The lowest BCUT2D eigenvalue weighted by atomic mass is 10.1. The van der Waals surface area contributed by atoms with Crippen molar-refractivity contribution in [2.24, 2.45) is 0 Å². The van der Waals surface area contributed by atoms with Crippen molar-refractivity contribution in [1.29, 1.82) is 0 Å². The van der Waals surface area contributed by atoms with Crippen LogP contribution in [0.15, 0.2) is 54.6 Å². The number of aryl methyl sites for hydroxylation is 1. The first-order valence-corrected chi connectivity index (χ1v) is 10.0. The van der Waals surface area contributed by atoms with Crippen molar-refractivity contribution in [2.45, 2.75) is 32.6 Å². The average molecular weight is 415 g/mol. The molecule has 0 atom stereocenters. The van der Waals surface area contributed by atoms with Gasteiger partial charge < -0.3 is 20.1 Å². The van der Waals surface area contributed by atoms with E-state index >= 15 is 0 Å². The smallest absolute Gasteiger partial charge is 0.306 e. The van der Waals surface area contributed by atoms with Gasteiger partial charge in [0.15, 0.2) is 5.11 Å². The van der Waals surface area contributed by atoms with Gasteiger partial charge in [-0.25, -0.2) is 0 Å². The fourth-order valence-electron chi connectivity index (χ4n) is 2.55. The number of carbonyl (C=O) groups is 2. The summed E-state index contributed by atoms with van der Waals surface area (Å²) in [4.78, 5) is 23.0. The van der Waals surface area contributed by atoms with Crippen LogP contribution in [0.5, 0.6) is 5.75 Å². The van der Waals surface area contributed by atoms with Gasteiger partial charge >= 0.3 is 5.97 Å². The van der Waals surface area contributed by atoms with Gasteiger partial charge in [-0.3, -0.25) is 9.59 Å². The third-order valence-corrected chi connectivity index (χ3v) is 4.15. The minimum atomic E-state index is -0.402. The largest absolute Gasteiger partial charge is 0.494 e. The van der Waals surface area contributed by atoms with E-state index in [0.717, 1.165) is 24.3 Å². The van der Waals surface area contributed by atoms with E-state index in [9.17, 15) is 9.59 Å². The zero-order chi connectivity index (χ0) is 20.9. The zero-order valence-corrected chi connectivity index (χ0v) is 17.3. The first kappa shape index (κ1) is 22.4. The van der Waals surface area contributed by atoms with Crippen molar-refractivity contribution in [2.75, 3.05) is 18.5 Å². The average Bonchev–Trinajstić information content (AvgIpc) is 2.72. The molecule has 0 aliphatic heterocycles. The number of carbonyl (C=O) groups excluding carboxylic acids is 2. The van der Waals surface area contributed by atoms with Crippen LogP contribution in [0.1, 0.15) is 31.7 Å². The maximum Gasteiger partial charge on any atom is 0.306 e. The van der Waals surface area contributed by atoms with Gasteiger partial charge in [0.2, 0.25) is 5.91 Å². The van der Waals surface area contributed by atoms with Gasteiger partial charge in [-0.1, -0.05) is 30.3 Å². The van der Waals surface area contributed by atoms with Crippen LogP contribution in [0.25, 0.3) is 0 Å². The molecule has 0 saturated carbocycles. The van der Waals surface area contributed by atoms with Crippen molar-refractivity contribution in [3.8, 4) is 5.75 Å². The van der Waals surface area contributed by atoms with Crippen molar-refractivity contribution < 1.29 is 19.1 Å². The first-order valence-electron chi connectivity index (χ1n) is 9.60. The fraction of sp³-hybridized carbons (Fsp3) is 0.318. The van der Waals surface area contributed by atoms with Crippen LogP contribution in [0.3, 0.4) is 0 Å². The normalized spacial score (nSPS) is 10.1. The molecular weight excluding hydrogens is 388 g/mol. The van der Waals surface area contributed by atoms with E-state index < -0.39 is 5.97 Å². The number of thiocarbonyl (C=S) groups is 1. The van der Waals surface area contributed by atoms with Crippen molar-refractivity contribution in [3.63, 3.8) is 0 Å². The second-order valence-corrected chi connectivity index (χ2v) is 6.68. The predicted molar refractivity (Wildman–Crippen MR) is 117 cm³/mol. The van der Waals surface area contributed by atoms with Crippen molar-refractivity contribution in [1.82, 2.24) is 5.32 Å². The summed E-state index contributed by atoms with van der Waals surface area (Å²) in [6.07, 6.45) is 1.96. The lowest BCUT2D eigenvalue weighted by Crippen LogP contribution is -2.34. The maximum atomic E-state index is 11.8. The lowest BCUT2D eigenvalue weighted by molar-refractivity contribution is -0.144. The van der Waals surface area contributed by atoms with Crippen LogP contribution in [-0.4, -0.2) is 30.2 Å². The Morgan fingerprint density at radius 3 is 2.41 bits per heavy atom. The molecule has 2 rings (SSSR count). The Balaban J connectivity index is 1.66. The summed E-state index contributed by atoms with van der Waals surface area (Å²) >= 11 is 5.12. The molecule has 0 saturated heterocycles. The second-order valence-electron chi connectivity index (χ2n) is 6.27. The number of amides is 1. The number of rotatable bonds is 10. The van der Waals surface area contributed by atoms with Crippen LogP contribution in [0.4, 0.5) is 5.69 Å². The molecule has 2 aromatic carbocycles. The summed E-state index contributed by atoms with van der Waals surface area (Å²) in [6.45, 7) is 2.65. The topological polar surface area (TPSA) is 76.7 Å². The van der Waals surface area contributed by atoms with E-state index in [-0.39, 0.29) is 23.9 Å². The van der Waals surface area contributed by atoms with E-state index in [4.69, 9.17) is 21.7 Å². The van der Waals surface area contributed by atoms with Gasteiger partial charge in [-0.2, -0.15) is 0 Å². The van der Waals surface area contributed by atoms with E-state index in [1.165, 1.54) is 5.56 Å². The summed E-state index contributed by atoms with van der Waals surface area (Å²) in [6, 6.07) is 17.6. The van der Waals surface area contributed by atoms with Crippen LogP contribution >= 0.6 is 12.2 Å². The van der Waals surface area contributed by atoms with Gasteiger partial charge in [0, 0.05) is 12.1 Å².